The number of rotatable bonds is 4. The van der Waals surface area contributed by atoms with Gasteiger partial charge in [-0.3, -0.25) is 4.79 Å². The van der Waals surface area contributed by atoms with Gasteiger partial charge in [0.25, 0.3) is 0 Å². The van der Waals surface area contributed by atoms with Gasteiger partial charge in [-0.1, -0.05) is 11.6 Å². The lowest BCUT2D eigenvalue weighted by atomic mass is 10.1. The van der Waals surface area contributed by atoms with Crippen LogP contribution in [0.1, 0.15) is 11.1 Å². The first-order chi connectivity index (χ1) is 10.5. The molecule has 0 heterocycles. The third-order valence-electron chi connectivity index (χ3n) is 2.93. The molecule has 0 bridgehead atoms. The number of nitrogens with one attached hydrogen (secondary N) is 1. The van der Waals surface area contributed by atoms with Crippen molar-refractivity contribution in [2.45, 2.75) is 6.92 Å². The van der Waals surface area contributed by atoms with E-state index in [-0.39, 0.29) is 5.69 Å². The lowest BCUT2D eigenvalue weighted by molar-refractivity contribution is -0.111. The molecule has 0 aliphatic rings. The molecule has 5 heteroatoms. The summed E-state index contributed by atoms with van der Waals surface area (Å²) in [7, 11) is 1.54. The predicted octanol–water partition coefficient (Wildman–Crippen LogP) is 3.93. The highest BCUT2D eigenvalue weighted by atomic mass is 19.1. The van der Waals surface area contributed by atoms with Crippen LogP contribution in [-0.2, 0) is 4.79 Å². The first kappa shape index (κ1) is 15.7. The molecule has 22 heavy (non-hydrogen) atoms. The average Bonchev–Trinajstić information content (AvgIpc) is 2.44. The molecule has 0 saturated heterocycles. The normalized spacial score (nSPS) is 10.7. The van der Waals surface area contributed by atoms with Crippen molar-refractivity contribution in [1.29, 1.82) is 0 Å². The van der Waals surface area contributed by atoms with E-state index in [1.165, 1.54) is 13.2 Å². The molecule has 0 fully saturated rings. The zero-order chi connectivity index (χ0) is 16.1. The summed E-state index contributed by atoms with van der Waals surface area (Å²) in [5.74, 6) is -1.36. The molecule has 0 atom stereocenters. The van der Waals surface area contributed by atoms with Crippen LogP contribution in [0.3, 0.4) is 0 Å². The minimum Gasteiger partial charge on any atom is -0.496 e. The zero-order valence-corrected chi connectivity index (χ0v) is 12.2. The second-order valence-corrected chi connectivity index (χ2v) is 4.73. The Kier molecular flexibility index (Phi) is 4.88. The number of ether oxygens (including phenoxy) is 1. The lowest BCUT2D eigenvalue weighted by Crippen LogP contribution is -2.08. The third-order valence-corrected chi connectivity index (χ3v) is 2.93. The van der Waals surface area contributed by atoms with E-state index in [0.717, 1.165) is 29.3 Å². The van der Waals surface area contributed by atoms with Crippen LogP contribution in [0.4, 0.5) is 14.5 Å². The number of aryl methyl sites for hydroxylation is 1. The van der Waals surface area contributed by atoms with Gasteiger partial charge < -0.3 is 10.1 Å². The van der Waals surface area contributed by atoms with Crippen molar-refractivity contribution in [1.82, 2.24) is 0 Å². The van der Waals surface area contributed by atoms with Gasteiger partial charge in [-0.25, -0.2) is 8.78 Å². The molecule has 0 unspecified atom stereocenters. The van der Waals surface area contributed by atoms with Crippen molar-refractivity contribution < 1.29 is 18.3 Å². The number of anilines is 1. The van der Waals surface area contributed by atoms with Crippen molar-refractivity contribution in [3.8, 4) is 5.75 Å². The summed E-state index contributed by atoms with van der Waals surface area (Å²) in [6.07, 6.45) is 2.86. The molecule has 114 valence electrons. The van der Waals surface area contributed by atoms with Gasteiger partial charge in [-0.15, -0.1) is 0 Å². The molecule has 0 aliphatic carbocycles. The van der Waals surface area contributed by atoms with Crippen molar-refractivity contribution in [2.24, 2.45) is 0 Å². The molecule has 1 N–H and O–H groups in total. The van der Waals surface area contributed by atoms with Crippen LogP contribution in [0.5, 0.6) is 5.75 Å². The van der Waals surface area contributed by atoms with E-state index in [1.54, 1.807) is 12.1 Å². The highest BCUT2D eigenvalue weighted by molar-refractivity contribution is 6.02. The van der Waals surface area contributed by atoms with E-state index in [4.69, 9.17) is 4.74 Å². The monoisotopic (exact) mass is 303 g/mol. The fraction of sp³-hybridized carbons (Fsp3) is 0.118. The Morgan fingerprint density at radius 3 is 2.45 bits per heavy atom. The largest absolute Gasteiger partial charge is 0.496 e. The molecule has 0 aliphatic heterocycles. The zero-order valence-electron chi connectivity index (χ0n) is 12.2. The molecule has 2 aromatic rings. The standard InChI is InChI=1S/C17H15F2NO2/c1-11-3-5-16(22-2)12(7-11)4-6-17(21)20-15-9-13(18)8-14(19)10-15/h3-10H,1-2H3,(H,20,21)/b6-4+. The molecule has 0 radical (unpaired) electrons. The number of hydrogen-bond acceptors (Lipinski definition) is 2. The highest BCUT2D eigenvalue weighted by Crippen LogP contribution is 2.21. The van der Waals surface area contributed by atoms with Gasteiger partial charge in [0.1, 0.15) is 17.4 Å². The second-order valence-electron chi connectivity index (χ2n) is 4.73. The number of carbonyl (C=O) groups excluding carboxylic acids is 1. The average molecular weight is 303 g/mol. The number of hydrogen-bond donors (Lipinski definition) is 1. The quantitative estimate of drug-likeness (QED) is 0.869. The van der Waals surface area contributed by atoms with Gasteiger partial charge in [-0.05, 0) is 37.3 Å². The van der Waals surface area contributed by atoms with Crippen molar-refractivity contribution in [3.05, 3.63) is 65.2 Å². The Morgan fingerprint density at radius 1 is 1.14 bits per heavy atom. The Hall–Kier alpha value is -2.69. The minimum absolute atomic E-state index is 0.0587. The molecule has 2 rings (SSSR count). The predicted molar refractivity (Wildman–Crippen MR) is 81.8 cm³/mol. The Morgan fingerprint density at radius 2 is 1.82 bits per heavy atom. The summed E-state index contributed by atoms with van der Waals surface area (Å²) in [6, 6.07) is 8.39. The summed E-state index contributed by atoms with van der Waals surface area (Å²) < 4.78 is 31.3. The summed E-state index contributed by atoms with van der Waals surface area (Å²) in [6.45, 7) is 1.92. The Labute approximate surface area is 127 Å². The van der Waals surface area contributed by atoms with E-state index >= 15 is 0 Å². The molecular formula is C17H15F2NO2. The Bertz CT molecular complexity index is 706. The fourth-order valence-corrected chi connectivity index (χ4v) is 1.96. The molecule has 2 aromatic carbocycles. The number of halogens is 2. The van der Waals surface area contributed by atoms with Gasteiger partial charge in [0.05, 0.1) is 7.11 Å². The van der Waals surface area contributed by atoms with Gasteiger partial charge in [-0.2, -0.15) is 0 Å². The minimum atomic E-state index is -0.750. The number of carbonyl (C=O) groups is 1. The van der Waals surface area contributed by atoms with E-state index in [1.807, 2.05) is 19.1 Å². The van der Waals surface area contributed by atoms with E-state index in [0.29, 0.717) is 5.75 Å². The van der Waals surface area contributed by atoms with Crippen LogP contribution in [0, 0.1) is 18.6 Å². The van der Waals surface area contributed by atoms with Gasteiger partial charge in [0.2, 0.25) is 5.91 Å². The van der Waals surface area contributed by atoms with Crippen LogP contribution in [0.25, 0.3) is 6.08 Å². The molecule has 1 amide bonds. The second kappa shape index (κ2) is 6.85. The first-order valence-electron chi connectivity index (χ1n) is 6.58. The molecule has 3 nitrogen and oxygen atoms in total. The Balaban J connectivity index is 2.13. The summed E-state index contributed by atoms with van der Waals surface area (Å²) in [5, 5.41) is 2.40. The fourth-order valence-electron chi connectivity index (χ4n) is 1.96. The number of benzene rings is 2. The smallest absolute Gasteiger partial charge is 0.248 e. The van der Waals surface area contributed by atoms with Crippen molar-refractivity contribution in [2.75, 3.05) is 12.4 Å². The third kappa shape index (κ3) is 4.15. The number of methoxy groups -OCH3 is 1. The van der Waals surface area contributed by atoms with Crippen LogP contribution in [0.15, 0.2) is 42.5 Å². The van der Waals surface area contributed by atoms with Gasteiger partial charge >= 0.3 is 0 Å². The first-order valence-corrected chi connectivity index (χ1v) is 6.58. The molecular weight excluding hydrogens is 288 g/mol. The molecule has 0 aromatic heterocycles. The lowest BCUT2D eigenvalue weighted by Gasteiger charge is -2.06. The van der Waals surface area contributed by atoms with E-state index in [2.05, 4.69) is 5.32 Å². The maximum absolute atomic E-state index is 13.0. The highest BCUT2D eigenvalue weighted by Gasteiger charge is 2.04. The van der Waals surface area contributed by atoms with Crippen LogP contribution < -0.4 is 10.1 Å². The summed E-state index contributed by atoms with van der Waals surface area (Å²) in [5.41, 5.74) is 1.82. The van der Waals surface area contributed by atoms with Crippen molar-refractivity contribution >= 4 is 17.7 Å². The van der Waals surface area contributed by atoms with Gasteiger partial charge in [0.15, 0.2) is 0 Å². The molecule has 0 spiro atoms. The molecule has 0 saturated carbocycles. The van der Waals surface area contributed by atoms with Crippen LogP contribution >= 0.6 is 0 Å². The van der Waals surface area contributed by atoms with Crippen LogP contribution in [0.2, 0.25) is 0 Å². The van der Waals surface area contributed by atoms with E-state index < -0.39 is 17.5 Å². The maximum atomic E-state index is 13.0. The van der Waals surface area contributed by atoms with Gasteiger partial charge in [0, 0.05) is 23.4 Å². The summed E-state index contributed by atoms with van der Waals surface area (Å²) in [4.78, 5) is 11.8. The van der Waals surface area contributed by atoms with Crippen LogP contribution in [-0.4, -0.2) is 13.0 Å². The maximum Gasteiger partial charge on any atom is 0.248 e. The number of amides is 1. The topological polar surface area (TPSA) is 38.3 Å². The SMILES string of the molecule is COc1ccc(C)cc1/C=C/C(=O)Nc1cc(F)cc(F)c1. The summed E-state index contributed by atoms with van der Waals surface area (Å²) >= 11 is 0. The van der Waals surface area contributed by atoms with E-state index in [9.17, 15) is 13.6 Å². The van der Waals surface area contributed by atoms with Crippen molar-refractivity contribution in [3.63, 3.8) is 0 Å².